The van der Waals surface area contributed by atoms with Crippen LogP contribution in [-0.2, 0) is 14.8 Å². The molecule has 0 atom stereocenters. The molecule has 1 aliphatic heterocycles. The van der Waals surface area contributed by atoms with Crippen LogP contribution in [0, 0.1) is 11.3 Å². The molecule has 6 nitrogen and oxygen atoms in total. The van der Waals surface area contributed by atoms with Gasteiger partial charge in [-0.25, -0.2) is 8.42 Å². The second-order valence-electron chi connectivity index (χ2n) is 4.37. The quantitative estimate of drug-likeness (QED) is 0.806. The third kappa shape index (κ3) is 3.16. The summed E-state index contributed by atoms with van der Waals surface area (Å²) in [5.74, 6) is 0. The average molecular weight is 281 g/mol. The van der Waals surface area contributed by atoms with E-state index in [0.717, 1.165) is 0 Å². The van der Waals surface area contributed by atoms with Gasteiger partial charge >= 0.3 is 0 Å². The highest BCUT2D eigenvalue weighted by Gasteiger charge is 2.28. The van der Waals surface area contributed by atoms with Gasteiger partial charge in [-0.05, 0) is 31.0 Å². The lowest BCUT2D eigenvalue weighted by molar-refractivity contribution is 0.0984. The number of nitrogens with two attached hydrogens (primary N) is 1. The summed E-state index contributed by atoms with van der Waals surface area (Å²) in [7, 11) is -3.47. The first-order chi connectivity index (χ1) is 9.03. The lowest BCUT2D eigenvalue weighted by atomic mass is 10.2. The Morgan fingerprint density at radius 2 is 2.05 bits per heavy atom. The van der Waals surface area contributed by atoms with Crippen molar-refractivity contribution in [3.05, 3.63) is 23.8 Å². The molecular formula is C12H15N3O3S. The van der Waals surface area contributed by atoms with E-state index in [0.29, 0.717) is 37.3 Å². The Hall–Kier alpha value is -1.78. The summed E-state index contributed by atoms with van der Waals surface area (Å²) in [5, 5.41) is 8.27. The largest absolute Gasteiger partial charge is 0.397 e. The number of nitrogens with zero attached hydrogens (tertiary/aromatic N) is 1. The number of anilines is 2. The predicted octanol–water partition coefficient (Wildman–Crippen LogP) is 1.06. The van der Waals surface area contributed by atoms with Gasteiger partial charge in [0.25, 0.3) is 0 Å². The maximum atomic E-state index is 12.2. The molecule has 0 spiro atoms. The molecule has 2 rings (SSSR count). The summed E-state index contributed by atoms with van der Waals surface area (Å²) in [4.78, 5) is 0. The SMILES string of the molecule is N#Cc1ccc(NS(=O)(=O)C2CCOCC2)c(N)c1. The van der Waals surface area contributed by atoms with Crippen molar-refractivity contribution in [2.24, 2.45) is 0 Å². The van der Waals surface area contributed by atoms with Gasteiger partial charge in [0.1, 0.15) is 0 Å². The first-order valence-corrected chi connectivity index (χ1v) is 7.46. The van der Waals surface area contributed by atoms with Crippen LogP contribution in [0.3, 0.4) is 0 Å². The molecular weight excluding hydrogens is 266 g/mol. The van der Waals surface area contributed by atoms with Crippen LogP contribution in [0.1, 0.15) is 18.4 Å². The van der Waals surface area contributed by atoms with E-state index in [-0.39, 0.29) is 5.69 Å². The van der Waals surface area contributed by atoms with E-state index in [9.17, 15) is 8.42 Å². The first kappa shape index (κ1) is 13.6. The van der Waals surface area contributed by atoms with Crippen LogP contribution in [0.4, 0.5) is 11.4 Å². The van der Waals surface area contributed by atoms with Gasteiger partial charge in [-0.3, -0.25) is 4.72 Å². The molecule has 0 radical (unpaired) electrons. The monoisotopic (exact) mass is 281 g/mol. The standard InChI is InChI=1S/C12H15N3O3S/c13-8-9-1-2-12(11(14)7-9)15-19(16,17)10-3-5-18-6-4-10/h1-2,7,10,15H,3-6,14H2. The number of hydrogen-bond acceptors (Lipinski definition) is 5. The molecule has 1 saturated heterocycles. The molecule has 7 heteroatoms. The number of nitrogen functional groups attached to an aromatic ring is 1. The molecule has 19 heavy (non-hydrogen) atoms. The Bertz CT molecular complexity index is 601. The third-order valence-corrected chi connectivity index (χ3v) is 4.89. The molecule has 1 heterocycles. The van der Waals surface area contributed by atoms with Gasteiger partial charge in [0, 0.05) is 13.2 Å². The van der Waals surface area contributed by atoms with Gasteiger partial charge in [-0.2, -0.15) is 5.26 Å². The third-order valence-electron chi connectivity index (χ3n) is 3.04. The minimum absolute atomic E-state index is 0.245. The van der Waals surface area contributed by atoms with Crippen molar-refractivity contribution < 1.29 is 13.2 Å². The van der Waals surface area contributed by atoms with E-state index >= 15 is 0 Å². The molecule has 0 unspecified atom stereocenters. The number of nitrogens with one attached hydrogen (secondary N) is 1. The minimum Gasteiger partial charge on any atom is -0.397 e. The summed E-state index contributed by atoms with van der Waals surface area (Å²) in [6.45, 7) is 0.906. The summed E-state index contributed by atoms with van der Waals surface area (Å²) in [6, 6.07) is 6.42. The van der Waals surface area contributed by atoms with Crippen molar-refractivity contribution in [1.82, 2.24) is 0 Å². The zero-order valence-corrected chi connectivity index (χ0v) is 11.1. The lowest BCUT2D eigenvalue weighted by Crippen LogP contribution is -2.33. The van der Waals surface area contributed by atoms with Crippen molar-refractivity contribution in [2.75, 3.05) is 23.7 Å². The minimum atomic E-state index is -3.47. The normalized spacial score (nSPS) is 16.8. The molecule has 1 aliphatic rings. The molecule has 0 aliphatic carbocycles. The van der Waals surface area contributed by atoms with Crippen LogP contribution in [0.15, 0.2) is 18.2 Å². The van der Waals surface area contributed by atoms with Crippen LogP contribution in [-0.4, -0.2) is 26.9 Å². The van der Waals surface area contributed by atoms with E-state index in [1.165, 1.54) is 18.2 Å². The maximum absolute atomic E-state index is 12.2. The van der Waals surface area contributed by atoms with Crippen molar-refractivity contribution in [2.45, 2.75) is 18.1 Å². The van der Waals surface area contributed by atoms with Gasteiger partial charge in [0.05, 0.1) is 28.3 Å². The fraction of sp³-hybridized carbons (Fsp3) is 0.417. The van der Waals surface area contributed by atoms with E-state index < -0.39 is 15.3 Å². The van der Waals surface area contributed by atoms with Crippen LogP contribution in [0.2, 0.25) is 0 Å². The Morgan fingerprint density at radius 1 is 1.37 bits per heavy atom. The summed E-state index contributed by atoms with van der Waals surface area (Å²) < 4.78 is 32.0. The van der Waals surface area contributed by atoms with Gasteiger partial charge < -0.3 is 10.5 Å². The predicted molar refractivity (Wildman–Crippen MR) is 72.0 cm³/mol. The fourth-order valence-corrected chi connectivity index (χ4v) is 3.42. The molecule has 3 N–H and O–H groups in total. The van der Waals surface area contributed by atoms with Crippen molar-refractivity contribution in [3.63, 3.8) is 0 Å². The Kier molecular flexibility index (Phi) is 3.93. The van der Waals surface area contributed by atoms with Gasteiger partial charge in [0.15, 0.2) is 0 Å². The number of nitriles is 1. The van der Waals surface area contributed by atoms with Crippen LogP contribution in [0.25, 0.3) is 0 Å². The van der Waals surface area contributed by atoms with Crippen LogP contribution >= 0.6 is 0 Å². The Morgan fingerprint density at radius 3 is 2.63 bits per heavy atom. The summed E-state index contributed by atoms with van der Waals surface area (Å²) in [5.41, 5.74) is 6.68. The fourth-order valence-electron chi connectivity index (χ4n) is 1.95. The van der Waals surface area contributed by atoms with E-state index in [1.807, 2.05) is 6.07 Å². The number of ether oxygens (including phenoxy) is 1. The molecule has 0 saturated carbocycles. The van der Waals surface area contributed by atoms with Gasteiger partial charge in [-0.15, -0.1) is 0 Å². The Labute approximate surface area is 112 Å². The number of sulfonamides is 1. The zero-order chi connectivity index (χ0) is 13.9. The van der Waals surface area contributed by atoms with E-state index in [2.05, 4.69) is 4.72 Å². The summed E-state index contributed by atoms with van der Waals surface area (Å²) >= 11 is 0. The number of hydrogen-bond donors (Lipinski definition) is 2. The van der Waals surface area contributed by atoms with Crippen molar-refractivity contribution in [1.29, 1.82) is 5.26 Å². The zero-order valence-electron chi connectivity index (χ0n) is 10.3. The topological polar surface area (TPSA) is 105 Å². The van der Waals surface area contributed by atoms with Gasteiger partial charge in [0.2, 0.25) is 10.0 Å². The first-order valence-electron chi connectivity index (χ1n) is 5.92. The smallest absolute Gasteiger partial charge is 0.235 e. The lowest BCUT2D eigenvalue weighted by Gasteiger charge is -2.23. The molecule has 1 fully saturated rings. The second kappa shape index (κ2) is 5.47. The van der Waals surface area contributed by atoms with Crippen LogP contribution in [0.5, 0.6) is 0 Å². The summed E-state index contributed by atoms with van der Waals surface area (Å²) in [6.07, 6.45) is 0.955. The maximum Gasteiger partial charge on any atom is 0.235 e. The molecule has 1 aromatic carbocycles. The van der Waals surface area contributed by atoms with Crippen molar-refractivity contribution >= 4 is 21.4 Å². The van der Waals surface area contributed by atoms with Gasteiger partial charge in [-0.1, -0.05) is 0 Å². The average Bonchev–Trinajstić information content (AvgIpc) is 2.42. The molecule has 1 aromatic rings. The number of rotatable bonds is 3. The van der Waals surface area contributed by atoms with Crippen LogP contribution < -0.4 is 10.5 Å². The Balaban J connectivity index is 2.18. The molecule has 102 valence electrons. The second-order valence-corrected chi connectivity index (χ2v) is 6.33. The molecule has 0 amide bonds. The molecule has 0 aromatic heterocycles. The highest BCUT2D eigenvalue weighted by molar-refractivity contribution is 7.93. The van der Waals surface area contributed by atoms with E-state index in [1.54, 1.807) is 0 Å². The molecule has 0 bridgehead atoms. The van der Waals surface area contributed by atoms with Crippen molar-refractivity contribution in [3.8, 4) is 6.07 Å². The highest BCUT2D eigenvalue weighted by Crippen LogP contribution is 2.24. The highest BCUT2D eigenvalue weighted by atomic mass is 32.2. The van der Waals surface area contributed by atoms with E-state index in [4.69, 9.17) is 15.7 Å². The number of benzene rings is 1.